The molecule has 2 nitrogen and oxygen atoms in total. The third-order valence-corrected chi connectivity index (χ3v) is 1.15. The molecule has 0 aromatic heterocycles. The van der Waals surface area contributed by atoms with E-state index >= 15 is 0 Å². The van der Waals surface area contributed by atoms with E-state index in [0.29, 0.717) is 4.48 Å². The van der Waals surface area contributed by atoms with Crippen LogP contribution in [-0.4, -0.2) is 17.8 Å². The molecule has 0 radical (unpaired) electrons. The Balaban J connectivity index is 3.80. The lowest BCUT2D eigenvalue weighted by atomic mass is 10.5. The highest BCUT2D eigenvalue weighted by atomic mass is 79.9. The SMILES string of the molecule is C=C(Br)CNC(=O)C(F)(F)Cl. The van der Waals surface area contributed by atoms with Gasteiger partial charge in [0.05, 0.1) is 0 Å². The van der Waals surface area contributed by atoms with Gasteiger partial charge in [-0.05, 0) is 11.6 Å². The van der Waals surface area contributed by atoms with Gasteiger partial charge >= 0.3 is 11.3 Å². The quantitative estimate of drug-likeness (QED) is 0.759. The second-order valence-corrected chi connectivity index (χ2v) is 3.29. The monoisotopic (exact) mass is 247 g/mol. The highest BCUT2D eigenvalue weighted by molar-refractivity contribution is 9.11. The molecule has 11 heavy (non-hydrogen) atoms. The minimum absolute atomic E-state index is 0.0683. The first-order chi connectivity index (χ1) is 4.84. The molecule has 6 heteroatoms. The first-order valence-corrected chi connectivity index (χ1v) is 3.69. The third kappa shape index (κ3) is 5.15. The van der Waals surface area contributed by atoms with Crippen molar-refractivity contribution in [2.24, 2.45) is 0 Å². The van der Waals surface area contributed by atoms with Gasteiger partial charge in [0.15, 0.2) is 0 Å². The van der Waals surface area contributed by atoms with Crippen LogP contribution in [0.5, 0.6) is 0 Å². The molecule has 0 rings (SSSR count). The summed E-state index contributed by atoms with van der Waals surface area (Å²) >= 11 is 7.25. The standard InChI is InChI=1S/C5H5BrClF2NO/c1-3(6)2-10-4(11)5(7,8)9/h1-2H2,(H,10,11). The molecule has 0 bridgehead atoms. The summed E-state index contributed by atoms with van der Waals surface area (Å²) in [5.74, 6) is -1.53. The van der Waals surface area contributed by atoms with E-state index in [9.17, 15) is 13.6 Å². The summed E-state index contributed by atoms with van der Waals surface area (Å²) in [6, 6.07) is 0. The van der Waals surface area contributed by atoms with Gasteiger partial charge in [0, 0.05) is 11.0 Å². The number of amides is 1. The number of rotatable bonds is 3. The third-order valence-electron chi connectivity index (χ3n) is 0.698. The fraction of sp³-hybridized carbons (Fsp3) is 0.400. The van der Waals surface area contributed by atoms with Crippen LogP contribution >= 0.6 is 27.5 Å². The number of nitrogens with one attached hydrogen (secondary N) is 1. The molecular formula is C5H5BrClF2NO. The number of halogens is 4. The Morgan fingerprint density at radius 1 is 1.73 bits per heavy atom. The van der Waals surface area contributed by atoms with Crippen LogP contribution in [-0.2, 0) is 4.79 Å². The summed E-state index contributed by atoms with van der Waals surface area (Å²) in [7, 11) is 0. The van der Waals surface area contributed by atoms with Gasteiger partial charge in [-0.15, -0.1) is 0 Å². The van der Waals surface area contributed by atoms with E-state index in [4.69, 9.17) is 0 Å². The molecule has 0 saturated carbocycles. The maximum Gasteiger partial charge on any atom is 0.399 e. The number of hydrogen-bond acceptors (Lipinski definition) is 1. The lowest BCUT2D eigenvalue weighted by Crippen LogP contribution is -2.36. The van der Waals surface area contributed by atoms with Crippen LogP contribution in [0.3, 0.4) is 0 Å². The Hall–Kier alpha value is -0.160. The maximum atomic E-state index is 11.9. The van der Waals surface area contributed by atoms with Crippen LogP contribution in [0.15, 0.2) is 11.1 Å². The van der Waals surface area contributed by atoms with Crippen molar-refractivity contribution in [3.8, 4) is 0 Å². The van der Waals surface area contributed by atoms with Crippen molar-refractivity contribution >= 4 is 33.4 Å². The average molecular weight is 248 g/mol. The van der Waals surface area contributed by atoms with Gasteiger partial charge < -0.3 is 5.32 Å². The zero-order valence-electron chi connectivity index (χ0n) is 5.33. The van der Waals surface area contributed by atoms with E-state index in [1.807, 2.05) is 5.32 Å². The topological polar surface area (TPSA) is 29.1 Å². The molecule has 1 N–H and O–H groups in total. The van der Waals surface area contributed by atoms with E-state index in [2.05, 4.69) is 34.1 Å². The summed E-state index contributed by atoms with van der Waals surface area (Å²) < 4.78 is 24.1. The van der Waals surface area contributed by atoms with Crippen LogP contribution in [0.1, 0.15) is 0 Å². The van der Waals surface area contributed by atoms with E-state index < -0.39 is 11.3 Å². The molecule has 0 aliphatic carbocycles. The predicted octanol–water partition coefficient (Wildman–Crippen LogP) is 1.84. The first-order valence-electron chi connectivity index (χ1n) is 2.52. The molecule has 0 aliphatic rings. The Bertz CT molecular complexity index is 180. The summed E-state index contributed by atoms with van der Waals surface area (Å²) in [5.41, 5.74) is 0. The van der Waals surface area contributed by atoms with Crippen molar-refractivity contribution in [1.29, 1.82) is 0 Å². The minimum atomic E-state index is -3.84. The summed E-state index contributed by atoms with van der Waals surface area (Å²) in [6.07, 6.45) is 0. The van der Waals surface area contributed by atoms with Crippen LogP contribution in [0.4, 0.5) is 8.78 Å². The fourth-order valence-corrected chi connectivity index (χ4v) is 0.483. The van der Waals surface area contributed by atoms with Crippen LogP contribution in [0.2, 0.25) is 0 Å². The molecule has 0 atom stereocenters. The Labute approximate surface area is 75.7 Å². The Morgan fingerprint density at radius 2 is 2.18 bits per heavy atom. The highest BCUT2D eigenvalue weighted by Gasteiger charge is 2.35. The summed E-state index contributed by atoms with van der Waals surface area (Å²) in [6.45, 7) is 3.25. The van der Waals surface area contributed by atoms with Crippen molar-refractivity contribution in [1.82, 2.24) is 5.32 Å². The minimum Gasteiger partial charge on any atom is -0.345 e. The van der Waals surface area contributed by atoms with Gasteiger partial charge in [-0.1, -0.05) is 22.5 Å². The van der Waals surface area contributed by atoms with Gasteiger partial charge in [0.1, 0.15) is 0 Å². The molecule has 0 fully saturated rings. The van der Waals surface area contributed by atoms with Crippen molar-refractivity contribution in [2.45, 2.75) is 5.38 Å². The van der Waals surface area contributed by atoms with Crippen LogP contribution in [0, 0.1) is 0 Å². The summed E-state index contributed by atoms with van der Waals surface area (Å²) in [4.78, 5) is 10.3. The molecular weight excluding hydrogens is 243 g/mol. The summed E-state index contributed by atoms with van der Waals surface area (Å²) in [5, 5.41) is -1.99. The van der Waals surface area contributed by atoms with E-state index in [1.54, 1.807) is 0 Å². The van der Waals surface area contributed by atoms with Crippen molar-refractivity contribution in [3.05, 3.63) is 11.1 Å². The van der Waals surface area contributed by atoms with Gasteiger partial charge in [0.2, 0.25) is 0 Å². The predicted molar refractivity (Wildman–Crippen MR) is 41.9 cm³/mol. The largest absolute Gasteiger partial charge is 0.399 e. The molecule has 0 aliphatic heterocycles. The molecule has 0 heterocycles. The molecule has 64 valence electrons. The fourth-order valence-electron chi connectivity index (χ4n) is 0.276. The van der Waals surface area contributed by atoms with Gasteiger partial charge in [-0.25, -0.2) is 0 Å². The second kappa shape index (κ2) is 4.01. The zero-order chi connectivity index (χ0) is 9.07. The lowest BCUT2D eigenvalue weighted by molar-refractivity contribution is -0.135. The van der Waals surface area contributed by atoms with Gasteiger partial charge in [0.25, 0.3) is 0 Å². The first kappa shape index (κ1) is 10.8. The molecule has 0 aromatic rings. The van der Waals surface area contributed by atoms with Crippen LogP contribution < -0.4 is 5.32 Å². The number of alkyl halides is 3. The van der Waals surface area contributed by atoms with Gasteiger partial charge in [-0.3, -0.25) is 4.79 Å². The van der Waals surface area contributed by atoms with Crippen LogP contribution in [0.25, 0.3) is 0 Å². The maximum absolute atomic E-state index is 11.9. The molecule has 1 amide bonds. The normalized spacial score (nSPS) is 10.9. The van der Waals surface area contributed by atoms with E-state index in [1.165, 1.54) is 0 Å². The second-order valence-electron chi connectivity index (χ2n) is 1.70. The van der Waals surface area contributed by atoms with Crippen molar-refractivity contribution in [2.75, 3.05) is 6.54 Å². The number of hydrogen-bond donors (Lipinski definition) is 1. The average Bonchev–Trinajstić information content (AvgIpc) is 1.80. The number of carbonyl (C=O) groups is 1. The van der Waals surface area contributed by atoms with E-state index in [-0.39, 0.29) is 6.54 Å². The smallest absolute Gasteiger partial charge is 0.345 e. The molecule has 0 saturated heterocycles. The molecule has 0 spiro atoms. The van der Waals surface area contributed by atoms with Gasteiger partial charge in [-0.2, -0.15) is 8.78 Å². The molecule has 0 unspecified atom stereocenters. The van der Waals surface area contributed by atoms with Crippen molar-refractivity contribution in [3.63, 3.8) is 0 Å². The van der Waals surface area contributed by atoms with Crippen molar-refractivity contribution < 1.29 is 13.6 Å². The zero-order valence-corrected chi connectivity index (χ0v) is 7.68. The Kier molecular flexibility index (Phi) is 3.96. The number of carbonyl (C=O) groups excluding carboxylic acids is 1. The van der Waals surface area contributed by atoms with E-state index in [0.717, 1.165) is 0 Å². The molecule has 0 aromatic carbocycles. The highest BCUT2D eigenvalue weighted by Crippen LogP contribution is 2.18. The Morgan fingerprint density at radius 3 is 2.45 bits per heavy atom. The lowest BCUT2D eigenvalue weighted by Gasteiger charge is -2.07.